The van der Waals surface area contributed by atoms with Gasteiger partial charge in [-0.05, 0) is 73.0 Å². The van der Waals surface area contributed by atoms with E-state index in [1.54, 1.807) is 0 Å². The SMILES string of the molecule is C1=C(c2ccc(-c3ccccc3)cc2-c2ccccc2)N=C(c2c3ccccc3cc3ccc4ccccc4c23)NC1c1ccccc1. The van der Waals surface area contributed by atoms with E-state index in [0.29, 0.717) is 0 Å². The van der Waals surface area contributed by atoms with Crippen LogP contribution in [0.15, 0.2) is 187 Å². The third-order valence-electron chi connectivity index (χ3n) is 9.48. The van der Waals surface area contributed by atoms with Gasteiger partial charge < -0.3 is 5.32 Å². The molecule has 1 aliphatic heterocycles. The van der Waals surface area contributed by atoms with Gasteiger partial charge in [-0.15, -0.1) is 0 Å². The highest BCUT2D eigenvalue weighted by atomic mass is 15.0. The lowest BCUT2D eigenvalue weighted by Gasteiger charge is -2.27. The minimum atomic E-state index is -0.0740. The van der Waals surface area contributed by atoms with Gasteiger partial charge in [0.25, 0.3) is 0 Å². The highest BCUT2D eigenvalue weighted by Gasteiger charge is 2.25. The van der Waals surface area contributed by atoms with Crippen molar-refractivity contribution in [3.05, 3.63) is 199 Å². The second-order valence-electron chi connectivity index (χ2n) is 12.4. The van der Waals surface area contributed by atoms with Gasteiger partial charge in [0.2, 0.25) is 0 Å². The highest BCUT2D eigenvalue weighted by Crippen LogP contribution is 2.39. The van der Waals surface area contributed by atoms with Crippen LogP contribution in [0.5, 0.6) is 0 Å². The Bertz CT molecular complexity index is 2510. The van der Waals surface area contributed by atoms with Crippen LogP contribution in [0.2, 0.25) is 0 Å². The molecular weight excluding hydrogens is 581 g/mol. The van der Waals surface area contributed by atoms with Gasteiger partial charge in [-0.2, -0.15) is 0 Å². The lowest BCUT2D eigenvalue weighted by Crippen LogP contribution is -2.31. The van der Waals surface area contributed by atoms with E-state index < -0.39 is 0 Å². The summed E-state index contributed by atoms with van der Waals surface area (Å²) in [7, 11) is 0. The zero-order chi connectivity index (χ0) is 31.9. The highest BCUT2D eigenvalue weighted by molar-refractivity contribution is 6.27. The summed E-state index contributed by atoms with van der Waals surface area (Å²) in [6.07, 6.45) is 2.29. The number of amidine groups is 1. The molecule has 1 aliphatic rings. The first-order valence-corrected chi connectivity index (χ1v) is 16.5. The summed E-state index contributed by atoms with van der Waals surface area (Å²) >= 11 is 0. The van der Waals surface area contributed by atoms with Gasteiger partial charge in [0.05, 0.1) is 11.7 Å². The molecule has 9 rings (SSSR count). The Morgan fingerprint density at radius 1 is 0.438 bits per heavy atom. The third-order valence-corrected chi connectivity index (χ3v) is 9.48. The van der Waals surface area contributed by atoms with Crippen molar-refractivity contribution in [2.24, 2.45) is 4.99 Å². The van der Waals surface area contributed by atoms with Crippen molar-refractivity contribution in [2.75, 3.05) is 0 Å². The van der Waals surface area contributed by atoms with Crippen LogP contribution in [-0.4, -0.2) is 5.84 Å². The summed E-state index contributed by atoms with van der Waals surface area (Å²) in [6.45, 7) is 0. The molecule has 2 heteroatoms. The van der Waals surface area contributed by atoms with Crippen LogP contribution in [0.1, 0.15) is 22.7 Å². The first-order valence-electron chi connectivity index (χ1n) is 16.5. The number of nitrogens with zero attached hydrogens (tertiary/aromatic N) is 1. The van der Waals surface area contributed by atoms with Gasteiger partial charge in [-0.3, -0.25) is 0 Å². The molecule has 0 aliphatic carbocycles. The molecule has 8 aromatic rings. The number of nitrogens with one attached hydrogen (secondary N) is 1. The van der Waals surface area contributed by atoms with Crippen molar-refractivity contribution in [3.63, 3.8) is 0 Å². The Morgan fingerprint density at radius 2 is 1.06 bits per heavy atom. The number of hydrogen-bond donors (Lipinski definition) is 1. The van der Waals surface area contributed by atoms with Crippen molar-refractivity contribution in [2.45, 2.75) is 6.04 Å². The normalized spacial score (nSPS) is 14.5. The number of aliphatic imine (C=N–C) groups is 1. The van der Waals surface area contributed by atoms with Gasteiger partial charge >= 0.3 is 0 Å². The summed E-state index contributed by atoms with van der Waals surface area (Å²) < 4.78 is 0. The molecule has 1 unspecified atom stereocenters. The minimum absolute atomic E-state index is 0.0740. The number of rotatable bonds is 5. The molecule has 0 radical (unpaired) electrons. The smallest absolute Gasteiger partial charge is 0.135 e. The molecule has 0 fully saturated rings. The first kappa shape index (κ1) is 28.0. The quantitative estimate of drug-likeness (QED) is 0.152. The van der Waals surface area contributed by atoms with Crippen molar-refractivity contribution < 1.29 is 0 Å². The fraction of sp³-hybridized carbons (Fsp3) is 0.0217. The van der Waals surface area contributed by atoms with E-state index in [1.807, 2.05) is 0 Å². The molecule has 226 valence electrons. The van der Waals surface area contributed by atoms with Crippen molar-refractivity contribution in [1.82, 2.24) is 5.32 Å². The molecule has 0 spiro atoms. The van der Waals surface area contributed by atoms with Crippen molar-refractivity contribution in [3.8, 4) is 22.3 Å². The molecule has 2 nitrogen and oxygen atoms in total. The van der Waals surface area contributed by atoms with E-state index >= 15 is 0 Å². The zero-order valence-electron chi connectivity index (χ0n) is 26.3. The van der Waals surface area contributed by atoms with E-state index in [0.717, 1.165) is 28.2 Å². The Labute approximate surface area is 280 Å². The Morgan fingerprint density at radius 3 is 1.83 bits per heavy atom. The predicted octanol–water partition coefficient (Wildman–Crippen LogP) is 11.6. The average Bonchev–Trinajstić information content (AvgIpc) is 3.17. The maximum absolute atomic E-state index is 5.56. The van der Waals surface area contributed by atoms with Gasteiger partial charge in [-0.25, -0.2) is 4.99 Å². The Hall–Kier alpha value is -6.25. The van der Waals surface area contributed by atoms with Crippen LogP contribution in [-0.2, 0) is 0 Å². The van der Waals surface area contributed by atoms with Crippen LogP contribution < -0.4 is 5.32 Å². The molecule has 0 saturated heterocycles. The second kappa shape index (κ2) is 11.8. The number of fused-ring (bicyclic) bond motifs is 4. The standard InChI is InChI=1S/C46H32N2/c1-4-14-31(15-5-1)35-26-27-40(41(29-35)32-16-6-2-7-17-32)43-30-42(34-19-8-3-9-20-34)47-46(48-43)45-39-23-13-11-21-36(39)28-37-25-24-33-18-10-12-22-38(33)44(37)45/h1-30,42H,(H,47,48). The molecule has 1 heterocycles. The number of hydrogen-bond acceptors (Lipinski definition) is 2. The predicted molar refractivity (Wildman–Crippen MR) is 203 cm³/mol. The molecule has 0 bridgehead atoms. The monoisotopic (exact) mass is 612 g/mol. The van der Waals surface area contributed by atoms with Gasteiger partial charge in [-0.1, -0.05) is 164 Å². The van der Waals surface area contributed by atoms with Gasteiger partial charge in [0.15, 0.2) is 0 Å². The van der Waals surface area contributed by atoms with E-state index in [4.69, 9.17) is 4.99 Å². The van der Waals surface area contributed by atoms with Crippen LogP contribution in [0.25, 0.3) is 60.3 Å². The summed E-state index contributed by atoms with van der Waals surface area (Å²) in [5.74, 6) is 0.880. The molecule has 0 saturated carbocycles. The molecule has 1 atom stereocenters. The molecular formula is C46H32N2. The largest absolute Gasteiger partial charge is 0.359 e. The zero-order valence-corrected chi connectivity index (χ0v) is 26.3. The summed E-state index contributed by atoms with van der Waals surface area (Å²) in [5.41, 5.74) is 9.09. The van der Waals surface area contributed by atoms with Crippen LogP contribution in [0, 0.1) is 0 Å². The lowest BCUT2D eigenvalue weighted by atomic mass is 9.89. The Kier molecular flexibility index (Phi) is 6.91. The topological polar surface area (TPSA) is 24.4 Å². The fourth-order valence-corrected chi connectivity index (χ4v) is 7.18. The number of benzene rings is 8. The van der Waals surface area contributed by atoms with Crippen LogP contribution >= 0.6 is 0 Å². The van der Waals surface area contributed by atoms with Crippen LogP contribution in [0.4, 0.5) is 0 Å². The van der Waals surface area contributed by atoms with Crippen molar-refractivity contribution in [1.29, 1.82) is 0 Å². The molecule has 0 amide bonds. The van der Waals surface area contributed by atoms with Gasteiger partial charge in [0, 0.05) is 16.5 Å². The van der Waals surface area contributed by atoms with E-state index in [9.17, 15) is 0 Å². The summed E-state index contributed by atoms with van der Waals surface area (Å²) in [5, 5.41) is 11.2. The average molecular weight is 613 g/mol. The minimum Gasteiger partial charge on any atom is -0.359 e. The van der Waals surface area contributed by atoms with Gasteiger partial charge in [0.1, 0.15) is 5.84 Å². The molecule has 1 N–H and O–H groups in total. The maximum Gasteiger partial charge on any atom is 0.135 e. The molecule has 48 heavy (non-hydrogen) atoms. The van der Waals surface area contributed by atoms with E-state index in [2.05, 4.69) is 187 Å². The lowest BCUT2D eigenvalue weighted by molar-refractivity contribution is 0.782. The van der Waals surface area contributed by atoms with E-state index in [1.165, 1.54) is 54.6 Å². The molecule has 0 aromatic heterocycles. The second-order valence-corrected chi connectivity index (χ2v) is 12.4. The van der Waals surface area contributed by atoms with E-state index in [-0.39, 0.29) is 6.04 Å². The first-order chi connectivity index (χ1) is 23.8. The summed E-state index contributed by atoms with van der Waals surface area (Å²) in [4.78, 5) is 5.56. The fourth-order valence-electron chi connectivity index (χ4n) is 7.18. The Balaban J connectivity index is 1.33. The van der Waals surface area contributed by atoms with Crippen LogP contribution in [0.3, 0.4) is 0 Å². The summed E-state index contributed by atoms with van der Waals surface area (Å²) in [6, 6.07) is 62.9. The van der Waals surface area contributed by atoms with Crippen molar-refractivity contribution >= 4 is 43.9 Å². The maximum atomic E-state index is 5.56. The molecule has 8 aromatic carbocycles. The third kappa shape index (κ3) is 4.96.